The Morgan fingerprint density at radius 1 is 0.912 bits per heavy atom. The highest BCUT2D eigenvalue weighted by Gasteiger charge is 2.38. The van der Waals surface area contributed by atoms with Gasteiger partial charge < -0.3 is 9.64 Å². The Labute approximate surface area is 198 Å². The molecule has 0 radical (unpaired) electrons. The number of anilines is 1. The maximum absolute atomic E-state index is 14.0. The maximum atomic E-state index is 14.0. The van der Waals surface area contributed by atoms with Gasteiger partial charge in [0.1, 0.15) is 11.4 Å². The van der Waals surface area contributed by atoms with Gasteiger partial charge in [-0.1, -0.05) is 30.3 Å². The van der Waals surface area contributed by atoms with Crippen LogP contribution in [0.3, 0.4) is 0 Å². The Bertz CT molecular complexity index is 1210. The third kappa shape index (κ3) is 3.85. The van der Waals surface area contributed by atoms with Crippen molar-refractivity contribution in [3.63, 3.8) is 0 Å². The number of benzene rings is 2. The average Bonchev–Trinajstić information content (AvgIpc) is 3.66. The number of hydrogen-bond donors (Lipinski definition) is 0. The van der Waals surface area contributed by atoms with E-state index in [0.717, 1.165) is 56.6 Å². The summed E-state index contributed by atoms with van der Waals surface area (Å²) in [5, 5.41) is 4.80. The molecule has 0 unspecified atom stereocenters. The number of fused-ring (bicyclic) bond motifs is 1. The molecule has 3 heterocycles. The SMILES string of the molecule is O=C([C@@H]1CN(C(=O)c2cc(C3CC3)nn2-c2ccccc2)c2ccccc2O1)N1CCCCC1. The minimum absolute atomic E-state index is 0.0396. The molecule has 34 heavy (non-hydrogen) atoms. The van der Waals surface area contributed by atoms with Crippen molar-refractivity contribution in [1.82, 2.24) is 14.7 Å². The molecule has 0 bridgehead atoms. The second kappa shape index (κ2) is 8.63. The average molecular weight is 457 g/mol. The zero-order chi connectivity index (χ0) is 23.1. The van der Waals surface area contributed by atoms with Crippen LogP contribution in [0, 0.1) is 0 Å². The monoisotopic (exact) mass is 456 g/mol. The van der Waals surface area contributed by atoms with Gasteiger partial charge in [0.15, 0.2) is 6.10 Å². The molecule has 1 atom stereocenters. The van der Waals surface area contributed by atoms with Crippen LogP contribution in [0.15, 0.2) is 60.7 Å². The van der Waals surface area contributed by atoms with E-state index >= 15 is 0 Å². The normalized spacial score (nSPS) is 19.9. The lowest BCUT2D eigenvalue weighted by Gasteiger charge is -2.37. The van der Waals surface area contributed by atoms with E-state index in [1.54, 1.807) is 9.58 Å². The molecule has 2 fully saturated rings. The fourth-order valence-corrected chi connectivity index (χ4v) is 4.91. The van der Waals surface area contributed by atoms with Crippen LogP contribution in [0.5, 0.6) is 5.75 Å². The van der Waals surface area contributed by atoms with Crippen LogP contribution in [0.1, 0.15) is 54.2 Å². The molecule has 3 aromatic rings. The first kappa shape index (κ1) is 21.0. The fourth-order valence-electron chi connectivity index (χ4n) is 4.91. The first-order chi connectivity index (χ1) is 16.7. The molecular formula is C27H28N4O3. The number of amides is 2. The molecule has 3 aliphatic rings. The number of carbonyl (C=O) groups excluding carboxylic acids is 2. The minimum Gasteiger partial charge on any atom is -0.476 e. The third-order valence-corrected chi connectivity index (χ3v) is 6.91. The lowest BCUT2D eigenvalue weighted by molar-refractivity contribution is -0.139. The lowest BCUT2D eigenvalue weighted by Crippen LogP contribution is -2.53. The van der Waals surface area contributed by atoms with Crippen molar-refractivity contribution in [2.45, 2.75) is 44.1 Å². The number of hydrogen-bond acceptors (Lipinski definition) is 4. The van der Waals surface area contributed by atoms with E-state index in [2.05, 4.69) is 0 Å². The Kier molecular flexibility index (Phi) is 5.32. The van der Waals surface area contributed by atoms with Gasteiger partial charge in [-0.2, -0.15) is 5.10 Å². The molecule has 2 aromatic carbocycles. The quantitative estimate of drug-likeness (QED) is 0.591. The molecule has 0 N–H and O–H groups in total. The molecule has 1 saturated heterocycles. The van der Waals surface area contributed by atoms with Gasteiger partial charge in [0, 0.05) is 19.0 Å². The second-order valence-corrected chi connectivity index (χ2v) is 9.35. The van der Waals surface area contributed by atoms with Crippen LogP contribution in [-0.4, -0.2) is 52.2 Å². The summed E-state index contributed by atoms with van der Waals surface area (Å²) in [6.07, 6.45) is 4.66. The zero-order valence-electron chi connectivity index (χ0n) is 19.1. The van der Waals surface area contributed by atoms with E-state index in [-0.39, 0.29) is 18.4 Å². The highest BCUT2D eigenvalue weighted by Crippen LogP contribution is 2.40. The standard InChI is InChI=1S/C27H28N4O3/c32-26(23-17-21(19-13-14-19)28-31(23)20-9-3-1-4-10-20)30-18-25(27(33)29-15-7-2-8-16-29)34-24-12-6-5-11-22(24)30/h1,3-6,9-12,17,19,25H,2,7-8,13-16,18H2/t25-/m0/s1. The Morgan fingerprint density at radius 2 is 1.65 bits per heavy atom. The highest BCUT2D eigenvalue weighted by molar-refractivity contribution is 6.07. The maximum Gasteiger partial charge on any atom is 0.277 e. The summed E-state index contributed by atoms with van der Waals surface area (Å²) in [5.41, 5.74) is 2.99. The molecule has 1 saturated carbocycles. The number of rotatable bonds is 4. The van der Waals surface area contributed by atoms with E-state index in [4.69, 9.17) is 9.84 Å². The van der Waals surface area contributed by atoms with Gasteiger partial charge in [-0.05, 0) is 62.4 Å². The van der Waals surface area contributed by atoms with E-state index in [0.29, 0.717) is 23.0 Å². The van der Waals surface area contributed by atoms with Crippen molar-refractivity contribution in [2.75, 3.05) is 24.5 Å². The number of carbonyl (C=O) groups is 2. The number of aromatic nitrogens is 2. The second-order valence-electron chi connectivity index (χ2n) is 9.35. The van der Waals surface area contributed by atoms with Crippen LogP contribution in [0.2, 0.25) is 0 Å². The lowest BCUT2D eigenvalue weighted by atomic mass is 10.1. The Balaban J connectivity index is 1.36. The largest absolute Gasteiger partial charge is 0.476 e. The summed E-state index contributed by atoms with van der Waals surface area (Å²) >= 11 is 0. The number of ether oxygens (including phenoxy) is 1. The molecule has 1 aliphatic carbocycles. The van der Waals surface area contributed by atoms with E-state index in [1.807, 2.05) is 65.6 Å². The number of piperidine rings is 1. The summed E-state index contributed by atoms with van der Waals surface area (Å²) in [4.78, 5) is 30.9. The van der Waals surface area contributed by atoms with Gasteiger partial charge in [-0.15, -0.1) is 0 Å². The number of para-hydroxylation sites is 3. The van der Waals surface area contributed by atoms with Crippen molar-refractivity contribution in [3.05, 3.63) is 72.1 Å². The number of nitrogens with zero attached hydrogens (tertiary/aromatic N) is 4. The van der Waals surface area contributed by atoms with Crippen molar-refractivity contribution < 1.29 is 14.3 Å². The summed E-state index contributed by atoms with van der Waals surface area (Å²) < 4.78 is 7.87. The smallest absolute Gasteiger partial charge is 0.277 e. The molecule has 2 aliphatic heterocycles. The van der Waals surface area contributed by atoms with E-state index < -0.39 is 6.10 Å². The van der Waals surface area contributed by atoms with Crippen LogP contribution >= 0.6 is 0 Å². The van der Waals surface area contributed by atoms with Gasteiger partial charge in [0.2, 0.25) is 0 Å². The zero-order valence-corrected chi connectivity index (χ0v) is 19.1. The van der Waals surface area contributed by atoms with Gasteiger partial charge >= 0.3 is 0 Å². The van der Waals surface area contributed by atoms with Gasteiger partial charge in [0.05, 0.1) is 23.6 Å². The summed E-state index contributed by atoms with van der Waals surface area (Å²) in [5.74, 6) is 0.769. The van der Waals surface area contributed by atoms with Crippen molar-refractivity contribution in [2.24, 2.45) is 0 Å². The first-order valence-corrected chi connectivity index (χ1v) is 12.2. The van der Waals surface area contributed by atoms with Gasteiger partial charge in [-0.25, -0.2) is 4.68 Å². The van der Waals surface area contributed by atoms with Crippen LogP contribution < -0.4 is 9.64 Å². The van der Waals surface area contributed by atoms with Gasteiger partial charge in [-0.3, -0.25) is 14.5 Å². The van der Waals surface area contributed by atoms with Crippen LogP contribution in [-0.2, 0) is 4.79 Å². The van der Waals surface area contributed by atoms with Crippen LogP contribution in [0.25, 0.3) is 5.69 Å². The predicted molar refractivity (Wildman–Crippen MR) is 129 cm³/mol. The topological polar surface area (TPSA) is 67.7 Å². The molecule has 174 valence electrons. The van der Waals surface area contributed by atoms with Crippen molar-refractivity contribution in [1.29, 1.82) is 0 Å². The summed E-state index contributed by atoms with van der Waals surface area (Å²) in [7, 11) is 0. The highest BCUT2D eigenvalue weighted by atomic mass is 16.5. The minimum atomic E-state index is -0.715. The molecule has 7 nitrogen and oxygen atoms in total. The Hall–Kier alpha value is -3.61. The summed E-state index contributed by atoms with van der Waals surface area (Å²) in [6, 6.07) is 19.1. The molecule has 6 rings (SSSR count). The van der Waals surface area contributed by atoms with Crippen LogP contribution in [0.4, 0.5) is 5.69 Å². The van der Waals surface area contributed by atoms with E-state index in [1.165, 1.54) is 0 Å². The third-order valence-electron chi connectivity index (χ3n) is 6.91. The molecule has 7 heteroatoms. The van der Waals surface area contributed by atoms with Crippen molar-refractivity contribution in [3.8, 4) is 11.4 Å². The fraction of sp³-hybridized carbons (Fsp3) is 0.370. The van der Waals surface area contributed by atoms with Gasteiger partial charge in [0.25, 0.3) is 11.8 Å². The Morgan fingerprint density at radius 3 is 2.41 bits per heavy atom. The van der Waals surface area contributed by atoms with E-state index in [9.17, 15) is 9.59 Å². The summed E-state index contributed by atoms with van der Waals surface area (Å²) in [6.45, 7) is 1.68. The molecule has 2 amide bonds. The molecular weight excluding hydrogens is 428 g/mol. The van der Waals surface area contributed by atoms with Crippen molar-refractivity contribution >= 4 is 17.5 Å². The first-order valence-electron chi connectivity index (χ1n) is 12.2. The molecule has 0 spiro atoms. The number of likely N-dealkylation sites (tertiary alicyclic amines) is 1. The predicted octanol–water partition coefficient (Wildman–Crippen LogP) is 4.17. The molecule has 1 aromatic heterocycles.